The highest BCUT2D eigenvalue weighted by atomic mass is 16.5. The smallest absolute Gasteiger partial charge is 0.339 e. The van der Waals surface area contributed by atoms with Gasteiger partial charge in [-0.2, -0.15) is 0 Å². The van der Waals surface area contributed by atoms with Crippen LogP contribution in [-0.2, 0) is 11.2 Å². The number of allylic oxidation sites excluding steroid dienone is 1. The van der Waals surface area contributed by atoms with Crippen LogP contribution in [0.2, 0.25) is 0 Å². The van der Waals surface area contributed by atoms with Crippen LogP contribution < -0.4 is 5.56 Å². The van der Waals surface area contributed by atoms with Crippen molar-refractivity contribution < 1.29 is 9.53 Å². The van der Waals surface area contributed by atoms with Crippen LogP contribution in [0.4, 0.5) is 0 Å². The van der Waals surface area contributed by atoms with Crippen molar-refractivity contribution in [2.45, 2.75) is 25.3 Å². The Hall–Kier alpha value is -2.62. The number of aromatic nitrogens is 1. The first-order valence-corrected chi connectivity index (χ1v) is 7.62. The molecule has 0 fully saturated rings. The van der Waals surface area contributed by atoms with Crippen LogP contribution in [-0.4, -0.2) is 17.6 Å². The molecule has 1 unspecified atom stereocenters. The van der Waals surface area contributed by atoms with Crippen LogP contribution in [0, 0.1) is 0 Å². The molecule has 0 bridgehead atoms. The lowest BCUT2D eigenvalue weighted by molar-refractivity contribution is 0.0599. The van der Waals surface area contributed by atoms with E-state index < -0.39 is 5.97 Å². The van der Waals surface area contributed by atoms with Crippen molar-refractivity contribution in [1.82, 2.24) is 4.57 Å². The normalized spacial score (nSPS) is 11.7. The van der Waals surface area contributed by atoms with Gasteiger partial charge in [-0.1, -0.05) is 36.4 Å². The van der Waals surface area contributed by atoms with Gasteiger partial charge in [0.2, 0.25) is 0 Å². The Kier molecular flexibility index (Phi) is 5.92. The van der Waals surface area contributed by atoms with Crippen molar-refractivity contribution in [3.05, 3.63) is 82.8 Å². The Morgan fingerprint density at radius 1 is 1.26 bits per heavy atom. The number of rotatable bonds is 7. The molecule has 0 radical (unpaired) electrons. The van der Waals surface area contributed by atoms with E-state index >= 15 is 0 Å². The zero-order valence-corrected chi connectivity index (χ0v) is 13.3. The van der Waals surface area contributed by atoms with Gasteiger partial charge in [-0.25, -0.2) is 4.79 Å². The summed E-state index contributed by atoms with van der Waals surface area (Å²) in [6, 6.07) is 12.9. The fourth-order valence-corrected chi connectivity index (χ4v) is 2.53. The van der Waals surface area contributed by atoms with E-state index in [-0.39, 0.29) is 11.6 Å². The Balaban J connectivity index is 2.09. The number of aryl methyl sites for hydroxylation is 1. The Labute approximate surface area is 136 Å². The van der Waals surface area contributed by atoms with Gasteiger partial charge in [-0.05, 0) is 30.9 Å². The Morgan fingerprint density at radius 3 is 2.65 bits per heavy atom. The molecule has 1 heterocycles. The molecule has 2 rings (SSSR count). The van der Waals surface area contributed by atoms with Crippen molar-refractivity contribution in [3.8, 4) is 0 Å². The van der Waals surface area contributed by atoms with Crippen LogP contribution in [0.1, 0.15) is 34.8 Å². The summed E-state index contributed by atoms with van der Waals surface area (Å²) in [4.78, 5) is 23.7. The number of carbonyl (C=O) groups is 1. The maximum atomic E-state index is 12.1. The highest BCUT2D eigenvalue weighted by molar-refractivity contribution is 5.88. The molecule has 0 amide bonds. The van der Waals surface area contributed by atoms with E-state index in [1.54, 1.807) is 16.8 Å². The summed E-state index contributed by atoms with van der Waals surface area (Å²) in [6.45, 7) is 3.82. The zero-order chi connectivity index (χ0) is 16.7. The third-order valence-corrected chi connectivity index (χ3v) is 3.80. The number of hydrogen-bond donors (Lipinski definition) is 0. The minimum absolute atomic E-state index is 0.143. The van der Waals surface area contributed by atoms with Crippen molar-refractivity contribution in [2.24, 2.45) is 0 Å². The summed E-state index contributed by atoms with van der Waals surface area (Å²) in [5.74, 6) is -0.453. The number of pyridine rings is 1. The topological polar surface area (TPSA) is 48.3 Å². The van der Waals surface area contributed by atoms with Crippen LogP contribution >= 0.6 is 0 Å². The van der Waals surface area contributed by atoms with Gasteiger partial charge in [0, 0.05) is 12.3 Å². The molecule has 23 heavy (non-hydrogen) atoms. The third kappa shape index (κ3) is 4.42. The molecule has 2 aromatic rings. The fourth-order valence-electron chi connectivity index (χ4n) is 2.53. The maximum absolute atomic E-state index is 12.1. The molecule has 0 aliphatic carbocycles. The van der Waals surface area contributed by atoms with Crippen molar-refractivity contribution >= 4 is 5.97 Å². The summed E-state index contributed by atoms with van der Waals surface area (Å²) in [5, 5.41) is 0. The molecule has 0 saturated heterocycles. The van der Waals surface area contributed by atoms with Crippen molar-refractivity contribution in [3.63, 3.8) is 0 Å². The quantitative estimate of drug-likeness (QED) is 0.582. The Bertz CT molecular complexity index is 719. The molecule has 120 valence electrons. The maximum Gasteiger partial charge on any atom is 0.339 e. The molecule has 0 N–H and O–H groups in total. The molecule has 0 aliphatic heterocycles. The number of hydrogen-bond acceptors (Lipinski definition) is 3. The molecule has 4 heteroatoms. The minimum Gasteiger partial charge on any atom is -0.465 e. The standard InChI is InChI=1S/C19H21NO3/c1-3-17(11-7-10-15-8-5-4-6-9-15)20-14-16(19(22)23-2)12-13-18(20)21/h3-6,8-9,12-14,17H,1,7,10-11H2,2H3. The van der Waals surface area contributed by atoms with Gasteiger partial charge in [-0.3, -0.25) is 4.79 Å². The predicted octanol–water partition coefficient (Wildman–Crippen LogP) is 3.38. The SMILES string of the molecule is C=CC(CCCc1ccccc1)n1cc(C(=O)OC)ccc1=O. The van der Waals surface area contributed by atoms with Crippen LogP contribution in [0.25, 0.3) is 0 Å². The number of ether oxygens (including phenoxy) is 1. The zero-order valence-electron chi connectivity index (χ0n) is 13.3. The van der Waals surface area contributed by atoms with Gasteiger partial charge in [0.1, 0.15) is 0 Å². The second kappa shape index (κ2) is 8.13. The Morgan fingerprint density at radius 2 is 2.00 bits per heavy atom. The molecule has 4 nitrogen and oxygen atoms in total. The molecular weight excluding hydrogens is 290 g/mol. The lowest BCUT2D eigenvalue weighted by atomic mass is 10.0. The summed E-state index contributed by atoms with van der Waals surface area (Å²) in [6.07, 6.45) is 5.94. The second-order valence-corrected chi connectivity index (χ2v) is 5.34. The molecule has 0 aliphatic rings. The number of esters is 1. The lowest BCUT2D eigenvalue weighted by Gasteiger charge is -2.16. The summed E-state index contributed by atoms with van der Waals surface area (Å²) >= 11 is 0. The molecule has 1 aromatic carbocycles. The minimum atomic E-state index is -0.453. The number of nitrogens with zero attached hydrogens (tertiary/aromatic N) is 1. The van der Waals surface area contributed by atoms with Crippen molar-refractivity contribution in [1.29, 1.82) is 0 Å². The first kappa shape index (κ1) is 16.7. The lowest BCUT2D eigenvalue weighted by Crippen LogP contribution is -2.24. The van der Waals surface area contributed by atoms with E-state index in [4.69, 9.17) is 4.74 Å². The summed E-state index contributed by atoms with van der Waals surface area (Å²) in [7, 11) is 1.32. The highest BCUT2D eigenvalue weighted by Crippen LogP contribution is 2.16. The first-order chi connectivity index (χ1) is 11.2. The summed E-state index contributed by atoms with van der Waals surface area (Å²) < 4.78 is 6.25. The van der Waals surface area contributed by atoms with Gasteiger partial charge >= 0.3 is 5.97 Å². The van der Waals surface area contributed by atoms with Crippen molar-refractivity contribution in [2.75, 3.05) is 7.11 Å². The molecule has 0 saturated carbocycles. The van der Waals surface area contributed by atoms with Gasteiger partial charge in [0.05, 0.1) is 18.7 Å². The van der Waals surface area contributed by atoms with Gasteiger partial charge in [0.25, 0.3) is 5.56 Å². The van der Waals surface area contributed by atoms with Crippen LogP contribution in [0.15, 0.2) is 66.1 Å². The molecule has 0 spiro atoms. The second-order valence-electron chi connectivity index (χ2n) is 5.34. The van der Waals surface area contributed by atoms with Crippen LogP contribution in [0.5, 0.6) is 0 Å². The van der Waals surface area contributed by atoms with Gasteiger partial charge in [-0.15, -0.1) is 6.58 Å². The average Bonchev–Trinajstić information content (AvgIpc) is 2.60. The van der Waals surface area contributed by atoms with E-state index in [1.165, 1.54) is 24.8 Å². The average molecular weight is 311 g/mol. The van der Waals surface area contributed by atoms with E-state index in [0.717, 1.165) is 19.3 Å². The van der Waals surface area contributed by atoms with E-state index in [9.17, 15) is 9.59 Å². The van der Waals surface area contributed by atoms with Gasteiger partial charge in [0.15, 0.2) is 0 Å². The predicted molar refractivity (Wildman–Crippen MR) is 90.7 cm³/mol. The highest BCUT2D eigenvalue weighted by Gasteiger charge is 2.12. The number of carbonyl (C=O) groups excluding carboxylic acids is 1. The first-order valence-electron chi connectivity index (χ1n) is 7.62. The summed E-state index contributed by atoms with van der Waals surface area (Å²) in [5.41, 5.74) is 1.48. The number of benzene rings is 1. The largest absolute Gasteiger partial charge is 0.465 e. The molecule has 1 aromatic heterocycles. The monoisotopic (exact) mass is 311 g/mol. The third-order valence-electron chi connectivity index (χ3n) is 3.80. The molecule has 1 atom stereocenters. The molecular formula is C19H21NO3. The van der Waals surface area contributed by atoms with Crippen LogP contribution in [0.3, 0.4) is 0 Å². The number of methoxy groups -OCH3 is 1. The van der Waals surface area contributed by atoms with E-state index in [2.05, 4.69) is 18.7 Å². The van der Waals surface area contributed by atoms with E-state index in [0.29, 0.717) is 5.56 Å². The van der Waals surface area contributed by atoms with E-state index in [1.807, 2.05) is 18.2 Å². The fraction of sp³-hybridized carbons (Fsp3) is 0.263. The van der Waals surface area contributed by atoms with Gasteiger partial charge < -0.3 is 9.30 Å².